The molecule has 4 nitrogen and oxygen atoms in total. The smallest absolute Gasteiger partial charge is 0.251 e. The van der Waals surface area contributed by atoms with E-state index in [9.17, 15) is 4.79 Å². The second-order valence-corrected chi connectivity index (χ2v) is 4.87. The molecule has 1 saturated heterocycles. The molecule has 92 valence electrons. The van der Waals surface area contributed by atoms with Crippen LogP contribution in [0.5, 0.6) is 0 Å². The van der Waals surface area contributed by atoms with Gasteiger partial charge in [-0.3, -0.25) is 9.69 Å². The number of likely N-dealkylation sites (N-methyl/N-ethyl adjacent to an activating group) is 1. The van der Waals surface area contributed by atoms with Crippen LogP contribution in [-0.2, 0) is 11.2 Å². The predicted octanol–water partition coefficient (Wildman–Crippen LogP) is 1.43. The Kier molecular flexibility index (Phi) is 2.56. The maximum absolute atomic E-state index is 11.9. The van der Waals surface area contributed by atoms with Crippen molar-refractivity contribution in [3.8, 4) is 0 Å². The summed E-state index contributed by atoms with van der Waals surface area (Å²) in [5.41, 5.74) is 2.13. The molecule has 1 aliphatic rings. The van der Waals surface area contributed by atoms with Crippen molar-refractivity contribution in [2.75, 3.05) is 7.05 Å². The normalized spacial score (nSPS) is 19.6. The number of fused-ring (bicyclic) bond motifs is 1. The molecule has 5 heteroatoms. The molecule has 1 amide bonds. The summed E-state index contributed by atoms with van der Waals surface area (Å²) in [4.78, 5) is 16.7. The van der Waals surface area contributed by atoms with Gasteiger partial charge < -0.3 is 10.3 Å². The van der Waals surface area contributed by atoms with Crippen molar-refractivity contribution in [3.05, 3.63) is 36.0 Å². The lowest BCUT2D eigenvalue weighted by molar-refractivity contribution is -0.126. The summed E-state index contributed by atoms with van der Waals surface area (Å²) in [5.74, 6) is 0.0265. The molecule has 2 aromatic rings. The average Bonchev–Trinajstić information content (AvgIpc) is 2.87. The highest BCUT2D eigenvalue weighted by molar-refractivity contribution is 7.80. The summed E-state index contributed by atoms with van der Waals surface area (Å²) >= 11 is 5.06. The van der Waals surface area contributed by atoms with Crippen molar-refractivity contribution in [2.45, 2.75) is 12.5 Å². The quantitative estimate of drug-likeness (QED) is 0.802. The third-order valence-corrected chi connectivity index (χ3v) is 3.63. The van der Waals surface area contributed by atoms with Crippen LogP contribution in [0.25, 0.3) is 10.9 Å². The fourth-order valence-electron chi connectivity index (χ4n) is 2.24. The third kappa shape index (κ3) is 1.76. The van der Waals surface area contributed by atoms with Crippen LogP contribution in [-0.4, -0.2) is 34.0 Å². The molecule has 3 rings (SSSR count). The van der Waals surface area contributed by atoms with Crippen molar-refractivity contribution in [2.24, 2.45) is 0 Å². The monoisotopic (exact) mass is 259 g/mol. The number of H-pyrrole nitrogens is 1. The van der Waals surface area contributed by atoms with Crippen molar-refractivity contribution in [3.63, 3.8) is 0 Å². The molecule has 2 N–H and O–H groups in total. The number of thiocarbonyl (C=S) groups is 1. The number of nitrogens with zero attached hydrogens (tertiary/aromatic N) is 1. The Morgan fingerprint density at radius 2 is 2.17 bits per heavy atom. The van der Waals surface area contributed by atoms with E-state index >= 15 is 0 Å². The van der Waals surface area contributed by atoms with E-state index in [1.807, 2.05) is 18.2 Å². The molecule has 2 heterocycles. The fraction of sp³-hybridized carbons (Fsp3) is 0.231. The van der Waals surface area contributed by atoms with Crippen LogP contribution in [0.3, 0.4) is 0 Å². The molecule has 0 aliphatic carbocycles. The van der Waals surface area contributed by atoms with E-state index in [0.29, 0.717) is 11.5 Å². The highest BCUT2D eigenvalue weighted by atomic mass is 32.1. The molecular formula is C13H13N3OS. The number of hydrogen-bond donors (Lipinski definition) is 2. The van der Waals surface area contributed by atoms with Crippen LogP contribution in [0.2, 0.25) is 0 Å². The van der Waals surface area contributed by atoms with Crippen LogP contribution < -0.4 is 5.32 Å². The molecular weight excluding hydrogens is 246 g/mol. The molecule has 1 aliphatic heterocycles. The summed E-state index contributed by atoms with van der Waals surface area (Å²) in [7, 11) is 1.70. The number of benzene rings is 1. The molecule has 1 unspecified atom stereocenters. The zero-order valence-electron chi connectivity index (χ0n) is 9.93. The van der Waals surface area contributed by atoms with Gasteiger partial charge in [0.25, 0.3) is 5.91 Å². The zero-order valence-corrected chi connectivity index (χ0v) is 10.8. The molecule has 1 atom stereocenters. The fourth-order valence-corrected chi connectivity index (χ4v) is 2.48. The standard InChI is InChI=1S/C13H13N3OS/c1-16-12(17)11(15-13(16)18)7-9-6-8-4-2-3-5-10(8)14-9/h2-6,11,14H,7H2,1H3,(H,15,18). The minimum Gasteiger partial charge on any atom is -0.358 e. The van der Waals surface area contributed by atoms with Crippen molar-refractivity contribution in [1.29, 1.82) is 0 Å². The molecule has 0 bridgehead atoms. The highest BCUT2D eigenvalue weighted by Gasteiger charge is 2.32. The van der Waals surface area contributed by atoms with Gasteiger partial charge in [-0.05, 0) is 29.7 Å². The summed E-state index contributed by atoms with van der Waals surface area (Å²) in [5, 5.41) is 4.70. The topological polar surface area (TPSA) is 48.1 Å². The summed E-state index contributed by atoms with van der Waals surface area (Å²) in [6.07, 6.45) is 0.623. The van der Waals surface area contributed by atoms with Crippen LogP contribution in [0, 0.1) is 0 Å². The zero-order chi connectivity index (χ0) is 12.7. The van der Waals surface area contributed by atoms with Crippen LogP contribution in [0.1, 0.15) is 5.69 Å². The van der Waals surface area contributed by atoms with E-state index in [0.717, 1.165) is 16.6 Å². The minimum absolute atomic E-state index is 0.0265. The maximum atomic E-state index is 11.9. The van der Waals surface area contributed by atoms with Crippen molar-refractivity contribution >= 4 is 34.1 Å². The van der Waals surface area contributed by atoms with Gasteiger partial charge in [0.15, 0.2) is 5.11 Å². The molecule has 0 radical (unpaired) electrons. The molecule has 1 aromatic heterocycles. The first kappa shape index (κ1) is 11.2. The van der Waals surface area contributed by atoms with Crippen LogP contribution >= 0.6 is 12.2 Å². The van der Waals surface area contributed by atoms with Gasteiger partial charge in [-0.1, -0.05) is 18.2 Å². The number of carbonyl (C=O) groups is 1. The first-order valence-electron chi connectivity index (χ1n) is 5.80. The summed E-state index contributed by atoms with van der Waals surface area (Å²) in [6.45, 7) is 0. The van der Waals surface area contributed by atoms with Crippen LogP contribution in [0.4, 0.5) is 0 Å². The molecule has 0 spiro atoms. The van der Waals surface area contributed by atoms with E-state index in [2.05, 4.69) is 22.4 Å². The van der Waals surface area contributed by atoms with Crippen LogP contribution in [0.15, 0.2) is 30.3 Å². The Labute approximate surface area is 110 Å². The van der Waals surface area contributed by atoms with E-state index in [1.54, 1.807) is 7.05 Å². The Morgan fingerprint density at radius 1 is 1.39 bits per heavy atom. The van der Waals surface area contributed by atoms with Gasteiger partial charge in [-0.25, -0.2) is 0 Å². The highest BCUT2D eigenvalue weighted by Crippen LogP contribution is 2.17. The summed E-state index contributed by atoms with van der Waals surface area (Å²) in [6, 6.07) is 9.89. The second kappa shape index (κ2) is 4.10. The van der Waals surface area contributed by atoms with Gasteiger partial charge in [0.05, 0.1) is 0 Å². The van der Waals surface area contributed by atoms with Crippen molar-refractivity contribution < 1.29 is 4.79 Å². The number of nitrogens with one attached hydrogen (secondary N) is 2. The Morgan fingerprint density at radius 3 is 2.83 bits per heavy atom. The van der Waals surface area contributed by atoms with Gasteiger partial charge in [0.2, 0.25) is 0 Å². The minimum atomic E-state index is -0.254. The Balaban J connectivity index is 1.85. The maximum Gasteiger partial charge on any atom is 0.251 e. The molecule has 1 aromatic carbocycles. The van der Waals surface area contributed by atoms with E-state index in [4.69, 9.17) is 12.2 Å². The summed E-state index contributed by atoms with van der Waals surface area (Å²) < 4.78 is 0. The van der Waals surface area contributed by atoms with Crippen molar-refractivity contribution in [1.82, 2.24) is 15.2 Å². The number of hydrogen-bond acceptors (Lipinski definition) is 2. The van der Waals surface area contributed by atoms with Gasteiger partial charge in [-0.15, -0.1) is 0 Å². The third-order valence-electron chi connectivity index (χ3n) is 3.24. The molecule has 1 fully saturated rings. The van der Waals surface area contributed by atoms with Gasteiger partial charge >= 0.3 is 0 Å². The number of amides is 1. The molecule has 0 saturated carbocycles. The number of rotatable bonds is 2. The number of para-hydroxylation sites is 1. The van der Waals surface area contributed by atoms with E-state index in [1.165, 1.54) is 4.90 Å². The predicted molar refractivity (Wildman–Crippen MR) is 74.3 cm³/mol. The first-order valence-corrected chi connectivity index (χ1v) is 6.20. The Hall–Kier alpha value is -1.88. The SMILES string of the molecule is CN1C(=O)C(Cc2cc3ccccc3[nH]2)NC1=S. The lowest BCUT2D eigenvalue weighted by Crippen LogP contribution is -2.31. The van der Waals surface area contributed by atoms with Gasteiger partial charge in [0, 0.05) is 24.7 Å². The van der Waals surface area contributed by atoms with E-state index < -0.39 is 0 Å². The number of aromatic amines is 1. The van der Waals surface area contributed by atoms with Gasteiger partial charge in [0.1, 0.15) is 6.04 Å². The Bertz CT molecular complexity index is 601. The lowest BCUT2D eigenvalue weighted by atomic mass is 10.1. The molecule has 18 heavy (non-hydrogen) atoms. The largest absolute Gasteiger partial charge is 0.358 e. The number of carbonyl (C=O) groups excluding carboxylic acids is 1. The average molecular weight is 259 g/mol. The second-order valence-electron chi connectivity index (χ2n) is 4.49. The lowest BCUT2D eigenvalue weighted by Gasteiger charge is -2.06. The number of aromatic nitrogens is 1. The first-order chi connectivity index (χ1) is 8.65. The van der Waals surface area contributed by atoms with E-state index in [-0.39, 0.29) is 11.9 Å². The van der Waals surface area contributed by atoms with Gasteiger partial charge in [-0.2, -0.15) is 0 Å².